The lowest BCUT2D eigenvalue weighted by Gasteiger charge is -2.10. The van der Waals surface area contributed by atoms with Gasteiger partial charge in [0, 0.05) is 23.9 Å². The molecule has 0 unspecified atom stereocenters. The Morgan fingerprint density at radius 1 is 1.64 bits per heavy atom. The smallest absolute Gasteiger partial charge is 0.137 e. The predicted molar refractivity (Wildman–Crippen MR) is 52.5 cm³/mol. The van der Waals surface area contributed by atoms with Crippen LogP contribution in [-0.4, -0.2) is 24.8 Å². The number of hydrogen-bond donors (Lipinski definition) is 1. The van der Waals surface area contributed by atoms with Crippen LogP contribution in [0.3, 0.4) is 0 Å². The number of thiophene rings is 1. The average molecular weight is 233 g/mol. The van der Waals surface area contributed by atoms with Gasteiger partial charge in [0.1, 0.15) is 5.84 Å². The summed E-state index contributed by atoms with van der Waals surface area (Å²) in [5.41, 5.74) is 0. The molecule has 1 heterocycles. The van der Waals surface area contributed by atoms with Crippen molar-refractivity contribution in [3.63, 3.8) is 0 Å². The lowest BCUT2D eigenvalue weighted by atomic mass is 10.4. The molecule has 0 amide bonds. The molecule has 1 N–H and O–H groups in total. The van der Waals surface area contributed by atoms with Gasteiger partial charge in [-0.1, -0.05) is 0 Å². The standard InChI is InChI=1S/C7H9BrN2S/c1-10(2)7(9)6-3-5(8)4-11-6/h3-4,9H,1-2H3. The van der Waals surface area contributed by atoms with Gasteiger partial charge >= 0.3 is 0 Å². The molecule has 1 aromatic rings. The number of amidine groups is 1. The summed E-state index contributed by atoms with van der Waals surface area (Å²) in [6.07, 6.45) is 0. The van der Waals surface area contributed by atoms with Crippen molar-refractivity contribution >= 4 is 33.1 Å². The van der Waals surface area contributed by atoms with E-state index in [0.717, 1.165) is 9.35 Å². The average Bonchev–Trinajstić information content (AvgIpc) is 2.34. The van der Waals surface area contributed by atoms with Crippen molar-refractivity contribution in [2.75, 3.05) is 14.1 Å². The highest BCUT2D eigenvalue weighted by Gasteiger charge is 2.04. The first kappa shape index (κ1) is 8.74. The molecule has 0 radical (unpaired) electrons. The van der Waals surface area contributed by atoms with Crippen LogP contribution < -0.4 is 0 Å². The first-order chi connectivity index (χ1) is 5.11. The van der Waals surface area contributed by atoms with Crippen LogP contribution in [0.25, 0.3) is 0 Å². The molecule has 11 heavy (non-hydrogen) atoms. The van der Waals surface area contributed by atoms with Gasteiger partial charge in [-0.15, -0.1) is 11.3 Å². The second kappa shape index (κ2) is 3.36. The molecular weight excluding hydrogens is 224 g/mol. The van der Waals surface area contributed by atoms with Crippen LogP contribution in [0.5, 0.6) is 0 Å². The van der Waals surface area contributed by atoms with E-state index in [0.29, 0.717) is 5.84 Å². The SMILES string of the molecule is CN(C)C(=N)c1cc(Br)cs1. The molecule has 0 spiro atoms. The van der Waals surface area contributed by atoms with Gasteiger partial charge in [-0.2, -0.15) is 0 Å². The quantitative estimate of drug-likeness (QED) is 0.585. The number of nitrogens with zero attached hydrogens (tertiary/aromatic N) is 1. The Labute approximate surface area is 78.5 Å². The molecule has 2 nitrogen and oxygen atoms in total. The molecule has 0 saturated heterocycles. The topological polar surface area (TPSA) is 27.1 Å². The highest BCUT2D eigenvalue weighted by atomic mass is 79.9. The molecule has 0 saturated carbocycles. The Balaban J connectivity index is 2.85. The van der Waals surface area contributed by atoms with Crippen LogP contribution in [0.15, 0.2) is 15.9 Å². The molecular formula is C7H9BrN2S. The fraction of sp³-hybridized carbons (Fsp3) is 0.286. The van der Waals surface area contributed by atoms with Crippen LogP contribution in [0.4, 0.5) is 0 Å². The van der Waals surface area contributed by atoms with Crippen LogP contribution in [-0.2, 0) is 0 Å². The normalized spacial score (nSPS) is 9.73. The Hall–Kier alpha value is -0.350. The van der Waals surface area contributed by atoms with E-state index < -0.39 is 0 Å². The zero-order valence-electron chi connectivity index (χ0n) is 6.39. The summed E-state index contributed by atoms with van der Waals surface area (Å²) in [5.74, 6) is 0.556. The first-order valence-corrected chi connectivity index (χ1v) is 4.79. The third kappa shape index (κ3) is 2.04. The van der Waals surface area contributed by atoms with Crippen molar-refractivity contribution < 1.29 is 0 Å². The third-order valence-electron chi connectivity index (χ3n) is 1.25. The number of halogens is 1. The molecule has 0 fully saturated rings. The molecule has 0 aromatic carbocycles. The molecule has 0 aliphatic carbocycles. The molecule has 0 aliphatic rings. The lowest BCUT2D eigenvalue weighted by Crippen LogP contribution is -2.20. The monoisotopic (exact) mass is 232 g/mol. The summed E-state index contributed by atoms with van der Waals surface area (Å²) < 4.78 is 1.05. The third-order valence-corrected chi connectivity index (χ3v) is 2.95. The van der Waals surface area contributed by atoms with Gasteiger partial charge in [0.25, 0.3) is 0 Å². The van der Waals surface area contributed by atoms with Gasteiger partial charge in [-0.25, -0.2) is 0 Å². The maximum atomic E-state index is 7.61. The van der Waals surface area contributed by atoms with Gasteiger partial charge in [0.05, 0.1) is 4.88 Å². The highest BCUT2D eigenvalue weighted by molar-refractivity contribution is 9.10. The van der Waals surface area contributed by atoms with Gasteiger partial charge in [-0.3, -0.25) is 5.41 Å². The van der Waals surface area contributed by atoms with Crippen molar-refractivity contribution in [1.29, 1.82) is 5.41 Å². The Bertz CT molecular complexity index is 267. The Morgan fingerprint density at radius 2 is 2.27 bits per heavy atom. The summed E-state index contributed by atoms with van der Waals surface area (Å²) in [4.78, 5) is 2.78. The van der Waals surface area contributed by atoms with Gasteiger partial charge in [0.15, 0.2) is 0 Å². The van der Waals surface area contributed by atoms with Crippen LogP contribution in [0.1, 0.15) is 4.88 Å². The minimum Gasteiger partial charge on any atom is -0.362 e. The second-order valence-electron chi connectivity index (χ2n) is 2.37. The van der Waals surface area contributed by atoms with E-state index in [9.17, 15) is 0 Å². The number of nitrogens with one attached hydrogen (secondary N) is 1. The fourth-order valence-electron chi connectivity index (χ4n) is 0.658. The summed E-state index contributed by atoms with van der Waals surface area (Å²) in [6, 6.07) is 1.95. The minimum atomic E-state index is 0.556. The van der Waals surface area contributed by atoms with E-state index in [4.69, 9.17) is 5.41 Å². The van der Waals surface area contributed by atoms with E-state index in [1.807, 2.05) is 25.5 Å². The Morgan fingerprint density at radius 3 is 2.64 bits per heavy atom. The maximum Gasteiger partial charge on any atom is 0.137 e. The molecule has 0 aliphatic heterocycles. The van der Waals surface area contributed by atoms with Crippen molar-refractivity contribution in [3.8, 4) is 0 Å². The second-order valence-corrected chi connectivity index (χ2v) is 4.20. The van der Waals surface area contributed by atoms with Crippen molar-refractivity contribution in [3.05, 3.63) is 20.8 Å². The van der Waals surface area contributed by atoms with Crippen LogP contribution >= 0.6 is 27.3 Å². The molecule has 0 bridgehead atoms. The summed E-state index contributed by atoms with van der Waals surface area (Å²) in [5, 5.41) is 9.59. The van der Waals surface area contributed by atoms with Crippen molar-refractivity contribution in [1.82, 2.24) is 4.90 Å². The number of hydrogen-bond acceptors (Lipinski definition) is 2. The lowest BCUT2D eigenvalue weighted by molar-refractivity contribution is 0.620. The Kier molecular flexibility index (Phi) is 2.67. The molecule has 1 rings (SSSR count). The van der Waals surface area contributed by atoms with E-state index in [1.165, 1.54) is 0 Å². The van der Waals surface area contributed by atoms with Gasteiger partial charge in [-0.05, 0) is 22.0 Å². The van der Waals surface area contributed by atoms with E-state index in [2.05, 4.69) is 15.9 Å². The molecule has 60 valence electrons. The van der Waals surface area contributed by atoms with Gasteiger partial charge < -0.3 is 4.90 Å². The van der Waals surface area contributed by atoms with Crippen LogP contribution in [0, 0.1) is 5.41 Å². The fourth-order valence-corrected chi connectivity index (χ4v) is 2.12. The van der Waals surface area contributed by atoms with Crippen molar-refractivity contribution in [2.45, 2.75) is 0 Å². The summed E-state index contributed by atoms with van der Waals surface area (Å²) in [6.45, 7) is 0. The molecule has 0 atom stereocenters. The van der Waals surface area contributed by atoms with E-state index in [-0.39, 0.29) is 0 Å². The zero-order valence-corrected chi connectivity index (χ0v) is 8.79. The van der Waals surface area contributed by atoms with E-state index >= 15 is 0 Å². The molecule has 4 heteroatoms. The predicted octanol–water partition coefficient (Wildman–Crippen LogP) is 2.40. The zero-order chi connectivity index (χ0) is 8.43. The van der Waals surface area contributed by atoms with Gasteiger partial charge in [0.2, 0.25) is 0 Å². The maximum absolute atomic E-state index is 7.61. The first-order valence-electron chi connectivity index (χ1n) is 3.11. The summed E-state index contributed by atoms with van der Waals surface area (Å²) >= 11 is 4.92. The van der Waals surface area contributed by atoms with Crippen LogP contribution in [0.2, 0.25) is 0 Å². The summed E-state index contributed by atoms with van der Waals surface area (Å²) in [7, 11) is 3.74. The molecule has 1 aromatic heterocycles. The van der Waals surface area contributed by atoms with Crippen molar-refractivity contribution in [2.24, 2.45) is 0 Å². The number of rotatable bonds is 1. The highest BCUT2D eigenvalue weighted by Crippen LogP contribution is 2.20. The van der Waals surface area contributed by atoms with E-state index in [1.54, 1.807) is 16.2 Å². The minimum absolute atomic E-state index is 0.556. The largest absolute Gasteiger partial charge is 0.362 e.